The van der Waals surface area contributed by atoms with Gasteiger partial charge in [0.05, 0.1) is 9.09 Å². The molecule has 0 amide bonds. The molecule has 0 aromatic carbocycles. The van der Waals surface area contributed by atoms with Crippen LogP contribution in [0.2, 0.25) is 0 Å². The lowest BCUT2D eigenvalue weighted by Crippen LogP contribution is -1.83. The van der Waals surface area contributed by atoms with Crippen LogP contribution in [-0.2, 0) is 0 Å². The highest BCUT2D eigenvalue weighted by atomic mass is 32.2. The molecule has 0 bridgehead atoms. The molecule has 5 heteroatoms. The van der Waals surface area contributed by atoms with Gasteiger partial charge in [0.25, 0.3) is 0 Å². The molecule has 3 aromatic rings. The fourth-order valence-corrected chi connectivity index (χ4v) is 3.59. The summed E-state index contributed by atoms with van der Waals surface area (Å²) in [5.74, 6) is 0.153. The Kier molecular flexibility index (Phi) is 9.34. The van der Waals surface area contributed by atoms with Crippen LogP contribution in [0.3, 0.4) is 0 Å². The number of hydrogen-bond acceptors (Lipinski definition) is 5. The van der Waals surface area contributed by atoms with Gasteiger partial charge in [-0.3, -0.25) is 4.79 Å². The molecule has 3 aromatic heterocycles. The van der Waals surface area contributed by atoms with E-state index in [4.69, 9.17) is 0 Å². The van der Waals surface area contributed by atoms with Crippen molar-refractivity contribution in [3.05, 3.63) is 62.3 Å². The number of rotatable bonds is 2. The Morgan fingerprint density at radius 1 is 0.952 bits per heavy atom. The zero-order chi connectivity index (χ0) is 15.5. The molecule has 1 nitrogen and oxygen atoms in total. The number of aryl methyl sites for hydroxylation is 1. The first-order chi connectivity index (χ1) is 10.1. The fraction of sp³-hybridized carbons (Fsp3) is 0.188. The quantitative estimate of drug-likeness (QED) is 0.387. The molecular weight excluding hydrogens is 336 g/mol. The van der Waals surface area contributed by atoms with Crippen molar-refractivity contribution in [2.45, 2.75) is 18.1 Å². The summed E-state index contributed by atoms with van der Waals surface area (Å²) in [5.41, 5.74) is 0. The first-order valence-corrected chi connectivity index (χ1v) is 10.1. The molecule has 0 fully saturated rings. The van der Waals surface area contributed by atoms with E-state index in [0.29, 0.717) is 0 Å². The summed E-state index contributed by atoms with van der Waals surface area (Å²) >= 11 is 6.84. The van der Waals surface area contributed by atoms with Crippen LogP contribution >= 0.6 is 45.8 Å². The summed E-state index contributed by atoms with van der Waals surface area (Å²) in [4.78, 5) is 12.7. The lowest BCUT2D eigenvalue weighted by Gasteiger charge is -1.79. The third-order valence-corrected chi connectivity index (χ3v) is 5.99. The van der Waals surface area contributed by atoms with E-state index in [1.165, 1.54) is 20.4 Å². The van der Waals surface area contributed by atoms with Gasteiger partial charge in [0.1, 0.15) is 0 Å². The van der Waals surface area contributed by atoms with E-state index in [1.807, 2.05) is 17.5 Å². The van der Waals surface area contributed by atoms with E-state index in [-0.39, 0.29) is 5.78 Å². The van der Waals surface area contributed by atoms with Crippen LogP contribution in [0.5, 0.6) is 0 Å². The minimum Gasteiger partial charge on any atom is -0.294 e. The third-order valence-electron chi connectivity index (χ3n) is 2.23. The number of ketones is 1. The maximum Gasteiger partial charge on any atom is 0.169 e. The van der Waals surface area contributed by atoms with Crippen molar-refractivity contribution in [2.24, 2.45) is 0 Å². The third kappa shape index (κ3) is 8.21. The van der Waals surface area contributed by atoms with Gasteiger partial charge in [0.15, 0.2) is 5.78 Å². The standard InChI is InChI=1S/C6H6OS.C5H6S2.C5H6S/c1-5(7)6-3-2-4-8-6;1-6-5-3-2-4-7-5;1-5-3-2-4-6-5/h2-4H,1H3;2-4H,1H3;2-4H,1H3. The largest absolute Gasteiger partial charge is 0.294 e. The van der Waals surface area contributed by atoms with Crippen molar-refractivity contribution >= 4 is 51.6 Å². The van der Waals surface area contributed by atoms with Crippen LogP contribution in [-0.4, -0.2) is 12.0 Å². The Labute approximate surface area is 142 Å². The van der Waals surface area contributed by atoms with Crippen molar-refractivity contribution in [3.63, 3.8) is 0 Å². The lowest BCUT2D eigenvalue weighted by molar-refractivity contribution is 0.102. The first-order valence-electron chi connectivity index (χ1n) is 6.25. The average molecular weight is 355 g/mol. The Morgan fingerprint density at radius 3 is 1.81 bits per heavy atom. The van der Waals surface area contributed by atoms with Crippen LogP contribution < -0.4 is 0 Å². The second-order valence-corrected chi connectivity index (χ2v) is 8.05. The molecular formula is C16H18OS4. The van der Waals surface area contributed by atoms with E-state index in [2.05, 4.69) is 48.2 Å². The van der Waals surface area contributed by atoms with Gasteiger partial charge in [-0.2, -0.15) is 0 Å². The highest BCUT2D eigenvalue weighted by Crippen LogP contribution is 2.19. The van der Waals surface area contributed by atoms with Crippen molar-refractivity contribution in [2.75, 3.05) is 6.26 Å². The zero-order valence-electron chi connectivity index (χ0n) is 12.2. The van der Waals surface area contributed by atoms with E-state index >= 15 is 0 Å². The predicted molar refractivity (Wildman–Crippen MR) is 99.5 cm³/mol. The van der Waals surface area contributed by atoms with Gasteiger partial charge in [-0.1, -0.05) is 18.2 Å². The highest BCUT2D eigenvalue weighted by molar-refractivity contribution is 8.00. The van der Waals surface area contributed by atoms with Crippen molar-refractivity contribution < 1.29 is 4.79 Å². The predicted octanol–water partition coefficient (Wildman–Crippen LogP) is 6.48. The normalized spacial score (nSPS) is 9.10. The molecule has 0 radical (unpaired) electrons. The molecule has 0 atom stereocenters. The summed E-state index contributed by atoms with van der Waals surface area (Å²) < 4.78 is 1.39. The minimum atomic E-state index is 0.153. The highest BCUT2D eigenvalue weighted by Gasteiger charge is 1.95. The van der Waals surface area contributed by atoms with Gasteiger partial charge in [0.2, 0.25) is 0 Å². The Morgan fingerprint density at radius 2 is 1.57 bits per heavy atom. The van der Waals surface area contributed by atoms with Crippen molar-refractivity contribution in [3.8, 4) is 0 Å². The molecule has 0 aliphatic rings. The van der Waals surface area contributed by atoms with Gasteiger partial charge >= 0.3 is 0 Å². The molecule has 0 N–H and O–H groups in total. The van der Waals surface area contributed by atoms with Crippen LogP contribution in [0.25, 0.3) is 0 Å². The Bertz CT molecular complexity index is 580. The molecule has 3 rings (SSSR count). The molecule has 0 saturated carbocycles. The van der Waals surface area contributed by atoms with E-state index in [1.54, 1.807) is 41.4 Å². The molecule has 0 saturated heterocycles. The number of carbonyl (C=O) groups is 1. The SMILES string of the molecule is CC(=O)c1cccs1.CSc1cccs1.Cc1cccs1. The van der Waals surface area contributed by atoms with Crippen LogP contribution in [0.4, 0.5) is 0 Å². The molecule has 0 spiro atoms. The fourth-order valence-electron chi connectivity index (χ4n) is 1.22. The summed E-state index contributed by atoms with van der Waals surface area (Å²) in [6.45, 7) is 3.68. The van der Waals surface area contributed by atoms with Crippen LogP contribution in [0.1, 0.15) is 21.5 Å². The second-order valence-electron chi connectivity index (χ2n) is 3.89. The molecule has 112 valence electrons. The summed E-state index contributed by atoms with van der Waals surface area (Å²) in [5, 5.41) is 6.07. The number of carbonyl (C=O) groups excluding carboxylic acids is 1. The van der Waals surface area contributed by atoms with E-state index < -0.39 is 0 Å². The monoisotopic (exact) mass is 354 g/mol. The van der Waals surface area contributed by atoms with Crippen molar-refractivity contribution in [1.29, 1.82) is 0 Å². The van der Waals surface area contributed by atoms with Gasteiger partial charge in [-0.25, -0.2) is 0 Å². The lowest BCUT2D eigenvalue weighted by atomic mass is 10.4. The van der Waals surface area contributed by atoms with Gasteiger partial charge in [-0.05, 0) is 54.4 Å². The number of Topliss-reactive ketones (excluding diaryl/α,β-unsaturated/α-hetero) is 1. The average Bonchev–Trinajstić information content (AvgIpc) is 3.23. The van der Waals surface area contributed by atoms with E-state index in [9.17, 15) is 4.79 Å². The van der Waals surface area contributed by atoms with Gasteiger partial charge < -0.3 is 0 Å². The number of hydrogen-bond donors (Lipinski definition) is 0. The molecule has 21 heavy (non-hydrogen) atoms. The molecule has 0 unspecified atom stereocenters. The summed E-state index contributed by atoms with van der Waals surface area (Å²) in [6.07, 6.45) is 2.09. The second kappa shape index (κ2) is 10.8. The summed E-state index contributed by atoms with van der Waals surface area (Å²) in [6, 6.07) is 12.0. The van der Waals surface area contributed by atoms with Gasteiger partial charge in [-0.15, -0.1) is 45.8 Å². The zero-order valence-corrected chi connectivity index (χ0v) is 15.5. The molecule has 0 aliphatic heterocycles. The van der Waals surface area contributed by atoms with Gasteiger partial charge in [0, 0.05) is 4.88 Å². The Hall–Kier alpha value is -0.880. The molecule has 3 heterocycles. The number of thiophene rings is 3. The topological polar surface area (TPSA) is 17.1 Å². The van der Waals surface area contributed by atoms with Crippen molar-refractivity contribution in [1.82, 2.24) is 0 Å². The first kappa shape index (κ1) is 18.2. The smallest absolute Gasteiger partial charge is 0.169 e. The van der Waals surface area contributed by atoms with E-state index in [0.717, 1.165) is 4.88 Å². The number of thioether (sulfide) groups is 1. The maximum atomic E-state index is 10.5. The van der Waals surface area contributed by atoms with Crippen LogP contribution in [0.15, 0.2) is 56.7 Å². The van der Waals surface area contributed by atoms with Crippen LogP contribution in [0, 0.1) is 6.92 Å². The maximum absolute atomic E-state index is 10.5. The Balaban J connectivity index is 0.000000159. The minimum absolute atomic E-state index is 0.153. The summed E-state index contributed by atoms with van der Waals surface area (Å²) in [7, 11) is 0. The molecule has 0 aliphatic carbocycles.